The van der Waals surface area contributed by atoms with E-state index < -0.39 is 0 Å². The molecule has 2 atom stereocenters. The first kappa shape index (κ1) is 15.6. The van der Waals surface area contributed by atoms with Crippen molar-refractivity contribution in [1.82, 2.24) is 10.6 Å². The Morgan fingerprint density at radius 2 is 2.19 bits per heavy atom. The Labute approximate surface area is 126 Å². The lowest BCUT2D eigenvalue weighted by Gasteiger charge is -2.30. The summed E-state index contributed by atoms with van der Waals surface area (Å²) in [6, 6.07) is 5.76. The van der Waals surface area contributed by atoms with Gasteiger partial charge >= 0.3 is 0 Å². The number of piperidine rings is 1. The maximum Gasteiger partial charge on any atom is 0.237 e. The quantitative estimate of drug-likeness (QED) is 0.867. The van der Waals surface area contributed by atoms with Gasteiger partial charge in [0.15, 0.2) is 0 Å². The summed E-state index contributed by atoms with van der Waals surface area (Å²) in [7, 11) is 3.31. The molecule has 0 aromatic heterocycles. The molecule has 0 saturated carbocycles. The van der Waals surface area contributed by atoms with Gasteiger partial charge in [-0.3, -0.25) is 4.79 Å². The summed E-state index contributed by atoms with van der Waals surface area (Å²) in [5.74, 6) is 2.01. The van der Waals surface area contributed by atoms with Crippen molar-refractivity contribution < 1.29 is 14.3 Å². The van der Waals surface area contributed by atoms with Gasteiger partial charge in [-0.05, 0) is 43.9 Å². The zero-order valence-electron chi connectivity index (χ0n) is 12.9. The number of benzene rings is 1. The molecule has 0 spiro atoms. The van der Waals surface area contributed by atoms with Crippen molar-refractivity contribution in [2.45, 2.75) is 31.7 Å². The molecule has 1 aliphatic heterocycles. The van der Waals surface area contributed by atoms with Crippen molar-refractivity contribution >= 4 is 5.91 Å². The van der Waals surface area contributed by atoms with Crippen LogP contribution in [0.15, 0.2) is 18.2 Å². The molecule has 2 unspecified atom stereocenters. The average Bonchev–Trinajstić information content (AvgIpc) is 2.54. The average molecular weight is 292 g/mol. The number of carbonyl (C=O) groups is 1. The van der Waals surface area contributed by atoms with Crippen LogP contribution in [0.25, 0.3) is 0 Å². The third-order valence-corrected chi connectivity index (χ3v) is 3.95. The molecule has 5 heteroatoms. The molecule has 1 fully saturated rings. The van der Waals surface area contributed by atoms with E-state index in [0.717, 1.165) is 36.4 Å². The molecule has 1 saturated heterocycles. The molecule has 21 heavy (non-hydrogen) atoms. The van der Waals surface area contributed by atoms with E-state index in [1.54, 1.807) is 14.2 Å². The smallest absolute Gasteiger partial charge is 0.237 e. The lowest BCUT2D eigenvalue weighted by atomic mass is 9.85. The van der Waals surface area contributed by atoms with Crippen LogP contribution in [0.3, 0.4) is 0 Å². The van der Waals surface area contributed by atoms with E-state index >= 15 is 0 Å². The minimum absolute atomic E-state index is 0.0784. The molecule has 1 aromatic carbocycles. The third kappa shape index (κ3) is 3.67. The van der Waals surface area contributed by atoms with Crippen molar-refractivity contribution in [3.8, 4) is 11.5 Å². The van der Waals surface area contributed by atoms with Crippen LogP contribution in [-0.4, -0.2) is 39.3 Å². The second-order valence-electron chi connectivity index (χ2n) is 5.23. The van der Waals surface area contributed by atoms with Crippen LogP contribution >= 0.6 is 0 Å². The van der Waals surface area contributed by atoms with Gasteiger partial charge in [-0.15, -0.1) is 0 Å². The van der Waals surface area contributed by atoms with Crippen LogP contribution < -0.4 is 20.1 Å². The van der Waals surface area contributed by atoms with E-state index in [4.69, 9.17) is 9.47 Å². The topological polar surface area (TPSA) is 59.6 Å². The summed E-state index contributed by atoms with van der Waals surface area (Å²) in [5.41, 5.74) is 1.15. The maximum atomic E-state index is 12.0. The molecule has 0 bridgehead atoms. The van der Waals surface area contributed by atoms with E-state index in [-0.39, 0.29) is 11.9 Å². The molecule has 1 heterocycles. The summed E-state index contributed by atoms with van der Waals surface area (Å²) >= 11 is 0. The van der Waals surface area contributed by atoms with Crippen molar-refractivity contribution in [2.24, 2.45) is 0 Å². The van der Waals surface area contributed by atoms with Gasteiger partial charge in [0.05, 0.1) is 20.3 Å². The second-order valence-corrected chi connectivity index (χ2v) is 5.23. The van der Waals surface area contributed by atoms with Gasteiger partial charge in [0.1, 0.15) is 11.5 Å². The van der Waals surface area contributed by atoms with E-state index in [1.807, 2.05) is 25.1 Å². The third-order valence-electron chi connectivity index (χ3n) is 3.95. The number of methoxy groups -OCH3 is 2. The van der Waals surface area contributed by atoms with E-state index in [1.165, 1.54) is 0 Å². The molecule has 1 amide bonds. The Morgan fingerprint density at radius 3 is 2.86 bits per heavy atom. The number of rotatable bonds is 5. The Morgan fingerprint density at radius 1 is 1.38 bits per heavy atom. The molecular formula is C16H24N2O3. The van der Waals surface area contributed by atoms with Crippen molar-refractivity contribution in [2.75, 3.05) is 27.3 Å². The minimum atomic E-state index is -0.129. The highest BCUT2D eigenvalue weighted by atomic mass is 16.5. The summed E-state index contributed by atoms with van der Waals surface area (Å²) < 4.78 is 10.7. The summed E-state index contributed by atoms with van der Waals surface area (Å²) in [4.78, 5) is 12.0. The van der Waals surface area contributed by atoms with Gasteiger partial charge < -0.3 is 20.1 Å². The molecule has 1 aromatic rings. The highest BCUT2D eigenvalue weighted by Crippen LogP contribution is 2.36. The van der Waals surface area contributed by atoms with Gasteiger partial charge in [-0.1, -0.05) is 6.07 Å². The Balaban J connectivity index is 2.15. The molecule has 0 aliphatic carbocycles. The molecule has 0 radical (unpaired) electrons. The minimum Gasteiger partial charge on any atom is -0.497 e. The highest BCUT2D eigenvalue weighted by Gasteiger charge is 2.29. The van der Waals surface area contributed by atoms with Crippen LogP contribution in [-0.2, 0) is 4.79 Å². The Kier molecular flexibility index (Phi) is 5.44. The van der Waals surface area contributed by atoms with Crippen molar-refractivity contribution in [3.63, 3.8) is 0 Å². The van der Waals surface area contributed by atoms with Crippen LogP contribution in [0, 0.1) is 0 Å². The lowest BCUT2D eigenvalue weighted by molar-refractivity contribution is -0.123. The van der Waals surface area contributed by atoms with Gasteiger partial charge in [0, 0.05) is 12.6 Å². The number of nitrogens with one attached hydrogen (secondary N) is 2. The first-order chi connectivity index (χ1) is 10.2. The number of hydrogen-bond acceptors (Lipinski definition) is 4. The molecule has 116 valence electrons. The predicted molar refractivity (Wildman–Crippen MR) is 82.0 cm³/mol. The van der Waals surface area contributed by atoms with Crippen LogP contribution in [0.1, 0.15) is 31.2 Å². The van der Waals surface area contributed by atoms with Crippen molar-refractivity contribution in [1.29, 1.82) is 0 Å². The van der Waals surface area contributed by atoms with Crippen molar-refractivity contribution in [3.05, 3.63) is 23.8 Å². The largest absolute Gasteiger partial charge is 0.497 e. The maximum absolute atomic E-state index is 12.0. The fourth-order valence-electron chi connectivity index (χ4n) is 2.85. The van der Waals surface area contributed by atoms with E-state index in [9.17, 15) is 4.79 Å². The normalized spacial score (nSPS) is 21.7. The number of ether oxygens (including phenoxy) is 2. The zero-order valence-corrected chi connectivity index (χ0v) is 12.9. The summed E-state index contributed by atoms with van der Waals surface area (Å²) in [6.45, 7) is 3.43. The SMILES string of the molecule is CCNC(=O)C1CC(c2ccc(OC)cc2OC)CCN1. The van der Waals surface area contributed by atoms with Gasteiger partial charge in [0.2, 0.25) is 5.91 Å². The zero-order chi connectivity index (χ0) is 15.2. The fraction of sp³-hybridized carbons (Fsp3) is 0.562. The Hall–Kier alpha value is -1.75. The van der Waals surface area contributed by atoms with E-state index in [0.29, 0.717) is 12.5 Å². The number of likely N-dealkylation sites (N-methyl/N-ethyl adjacent to an activating group) is 1. The van der Waals surface area contributed by atoms with E-state index in [2.05, 4.69) is 10.6 Å². The van der Waals surface area contributed by atoms with Crippen LogP contribution in [0.5, 0.6) is 11.5 Å². The fourth-order valence-corrected chi connectivity index (χ4v) is 2.85. The first-order valence-electron chi connectivity index (χ1n) is 7.42. The van der Waals surface area contributed by atoms with Crippen LogP contribution in [0.4, 0.5) is 0 Å². The van der Waals surface area contributed by atoms with Crippen LogP contribution in [0.2, 0.25) is 0 Å². The number of amides is 1. The number of carbonyl (C=O) groups excluding carboxylic acids is 1. The second kappa shape index (κ2) is 7.31. The van der Waals surface area contributed by atoms with Gasteiger partial charge in [-0.2, -0.15) is 0 Å². The monoisotopic (exact) mass is 292 g/mol. The molecule has 5 nitrogen and oxygen atoms in total. The van der Waals surface area contributed by atoms with Gasteiger partial charge in [-0.25, -0.2) is 0 Å². The Bertz CT molecular complexity index is 490. The highest BCUT2D eigenvalue weighted by molar-refractivity contribution is 5.81. The summed E-state index contributed by atoms with van der Waals surface area (Å²) in [5, 5.41) is 6.17. The van der Waals surface area contributed by atoms with Gasteiger partial charge in [0.25, 0.3) is 0 Å². The first-order valence-corrected chi connectivity index (χ1v) is 7.42. The number of hydrogen-bond donors (Lipinski definition) is 2. The summed E-state index contributed by atoms with van der Waals surface area (Å²) in [6.07, 6.45) is 1.78. The predicted octanol–water partition coefficient (Wildman–Crippen LogP) is 1.68. The lowest BCUT2D eigenvalue weighted by Crippen LogP contribution is -2.48. The molecule has 2 rings (SSSR count). The molecule has 1 aliphatic rings. The molecular weight excluding hydrogens is 268 g/mol. The molecule has 2 N–H and O–H groups in total. The standard InChI is InChI=1S/C16H24N2O3/c1-4-17-16(19)14-9-11(7-8-18-14)13-6-5-12(20-2)10-15(13)21-3/h5-6,10-11,14,18H,4,7-9H2,1-3H3,(H,17,19).